The number of carbonyl (C=O) groups excluding carboxylic acids is 1. The first-order valence-electron chi connectivity index (χ1n) is 15.3. The summed E-state index contributed by atoms with van der Waals surface area (Å²) >= 11 is 0. The van der Waals surface area contributed by atoms with Crippen molar-refractivity contribution in [3.05, 3.63) is 76.7 Å². The van der Waals surface area contributed by atoms with Crippen molar-refractivity contribution in [1.29, 1.82) is 0 Å². The number of aromatic nitrogens is 1. The molecule has 4 rings (SSSR count). The molecule has 0 aliphatic heterocycles. The summed E-state index contributed by atoms with van der Waals surface area (Å²) in [4.78, 5) is 16.0. The Labute approximate surface area is 281 Å². The first-order valence-corrected chi connectivity index (χ1v) is 15.3. The van der Waals surface area contributed by atoms with Crippen LogP contribution < -0.4 is 0 Å². The molecule has 2 aromatic carbocycles. The molecule has 1 aliphatic rings. The summed E-state index contributed by atoms with van der Waals surface area (Å²) in [7, 11) is 0. The molecule has 0 fully saturated rings. The molecule has 1 radical (unpaired) electrons. The van der Waals surface area contributed by atoms with Gasteiger partial charge in [-0.15, -0.1) is 34.9 Å². The minimum Gasteiger partial charge on any atom is -0.512 e. The molecule has 0 unspecified atom stereocenters. The molecule has 46 heavy (non-hydrogen) atoms. The summed E-state index contributed by atoms with van der Waals surface area (Å²) in [6, 6.07) is 9.70. The Bertz CT molecular complexity index is 1560. The van der Waals surface area contributed by atoms with E-state index < -0.39 is 34.3 Å². The van der Waals surface area contributed by atoms with E-state index in [9.17, 15) is 27.5 Å². The molecule has 3 aromatic rings. The predicted octanol–water partition coefficient (Wildman–Crippen LogP) is 11.0. The third-order valence-corrected chi connectivity index (χ3v) is 9.05. The number of aliphatic hydroxyl groups is 1. The second-order valence-electron chi connectivity index (χ2n) is 12.3. The van der Waals surface area contributed by atoms with Crippen molar-refractivity contribution in [2.75, 3.05) is 0 Å². The topological polar surface area (TPSA) is 50.2 Å². The summed E-state index contributed by atoms with van der Waals surface area (Å²) in [5.41, 5.74) is -3.28. The third-order valence-electron chi connectivity index (χ3n) is 9.05. The van der Waals surface area contributed by atoms with Crippen LogP contribution in [0.3, 0.4) is 0 Å². The molecule has 3 nitrogen and oxygen atoms in total. The number of ketones is 1. The van der Waals surface area contributed by atoms with Crippen molar-refractivity contribution in [2.45, 2.75) is 98.8 Å². The van der Waals surface area contributed by atoms with Crippen LogP contribution in [0.4, 0.5) is 26.3 Å². The Morgan fingerprint density at radius 3 is 1.96 bits per heavy atom. The summed E-state index contributed by atoms with van der Waals surface area (Å²) in [5, 5.41) is 9.71. The van der Waals surface area contributed by atoms with Gasteiger partial charge in [0.2, 0.25) is 0 Å². The molecular weight excluding hydrogens is 785 g/mol. The van der Waals surface area contributed by atoms with Gasteiger partial charge in [-0.3, -0.25) is 4.79 Å². The molecule has 1 aliphatic carbocycles. The summed E-state index contributed by atoms with van der Waals surface area (Å²) in [6.07, 6.45) is 6.13. The van der Waals surface area contributed by atoms with Crippen LogP contribution in [-0.2, 0) is 36.7 Å². The third kappa shape index (κ3) is 6.80. The van der Waals surface area contributed by atoms with E-state index in [-0.39, 0.29) is 59.9 Å². The largest absolute Gasteiger partial charge is 0.512 e. The second-order valence-corrected chi connectivity index (χ2v) is 12.3. The van der Waals surface area contributed by atoms with Crippen LogP contribution in [0.15, 0.2) is 48.4 Å². The molecule has 0 bridgehead atoms. The standard InChI is InChI=1S/C23H18F6N.C13H24O2.Ir/c1-12-9-13(2)11-14(10-12)19-16-5-6-17-18(15(16)7-8-30-19)22(26,27)20(3,4)23(28,29)21(17,24)25;1-5-10(6-2)12(14)9-13(15)11(7-3)8-4;/h5-10H,1-4H3;9-11,14H,5-8H2,1-4H3;/q-1;;/b;12-9-;. The Morgan fingerprint density at radius 1 is 0.870 bits per heavy atom. The quantitative estimate of drug-likeness (QED) is 0.107. The number of aryl methyl sites for hydroxylation is 2. The van der Waals surface area contributed by atoms with Crippen molar-refractivity contribution in [3.8, 4) is 11.3 Å². The van der Waals surface area contributed by atoms with Crippen molar-refractivity contribution >= 4 is 16.6 Å². The van der Waals surface area contributed by atoms with Crippen LogP contribution in [0, 0.1) is 37.2 Å². The normalized spacial score (nSPS) is 17.6. The van der Waals surface area contributed by atoms with Gasteiger partial charge >= 0.3 is 11.8 Å². The first-order chi connectivity index (χ1) is 20.8. The van der Waals surface area contributed by atoms with E-state index in [1.165, 1.54) is 18.3 Å². The number of nitrogens with zero attached hydrogens (tertiary/aromatic N) is 1. The van der Waals surface area contributed by atoms with Gasteiger partial charge < -0.3 is 10.1 Å². The van der Waals surface area contributed by atoms with Gasteiger partial charge in [-0.05, 0) is 62.1 Å². The van der Waals surface area contributed by atoms with E-state index in [1.54, 1.807) is 6.07 Å². The van der Waals surface area contributed by atoms with Gasteiger partial charge in [-0.1, -0.05) is 53.7 Å². The SMILES string of the molecule is CCC(CC)C(=O)/C=C(\O)C(CC)CC.Cc1[c-]c(-c2nccc3c4c(ccc23)C(F)(F)C(F)(F)C(C)(C)C4(F)F)cc(C)c1.[Ir]. The average molecular weight is 827 g/mol. The molecular formula is C36H42F6IrNO2-. The molecule has 255 valence electrons. The van der Waals surface area contributed by atoms with Crippen LogP contribution in [0.2, 0.25) is 0 Å². The Balaban J connectivity index is 0.000000394. The van der Waals surface area contributed by atoms with Crippen LogP contribution in [0.5, 0.6) is 0 Å². The van der Waals surface area contributed by atoms with E-state index >= 15 is 8.78 Å². The molecule has 1 N–H and O–H groups in total. The molecule has 0 saturated carbocycles. The van der Waals surface area contributed by atoms with Gasteiger partial charge in [0.05, 0.1) is 5.76 Å². The Kier molecular flexibility index (Phi) is 12.5. The fraction of sp³-hybridized carbons (Fsp3) is 0.500. The maximum Gasteiger partial charge on any atom is 0.336 e. The molecule has 0 amide bonds. The maximum atomic E-state index is 15.4. The smallest absolute Gasteiger partial charge is 0.336 e. The fourth-order valence-corrected chi connectivity index (χ4v) is 5.94. The number of benzene rings is 2. The fourth-order valence-electron chi connectivity index (χ4n) is 5.94. The minimum absolute atomic E-state index is 0. The van der Waals surface area contributed by atoms with Gasteiger partial charge in [0.1, 0.15) is 5.41 Å². The van der Waals surface area contributed by atoms with Crippen molar-refractivity contribution in [2.24, 2.45) is 17.3 Å². The predicted molar refractivity (Wildman–Crippen MR) is 166 cm³/mol. The van der Waals surface area contributed by atoms with E-state index in [4.69, 9.17) is 0 Å². The molecule has 0 atom stereocenters. The number of alkyl halides is 6. The zero-order valence-corrected chi connectivity index (χ0v) is 29.8. The summed E-state index contributed by atoms with van der Waals surface area (Å²) in [5.74, 6) is -13.4. The van der Waals surface area contributed by atoms with E-state index in [1.807, 2.05) is 47.6 Å². The number of halogens is 6. The maximum absolute atomic E-state index is 15.4. The van der Waals surface area contributed by atoms with Gasteiger partial charge in [0, 0.05) is 55.3 Å². The number of aliphatic hydroxyl groups excluding tert-OH is 1. The number of carbonyl (C=O) groups is 1. The van der Waals surface area contributed by atoms with E-state index in [0.29, 0.717) is 25.5 Å². The first kappa shape index (κ1) is 39.5. The molecule has 0 spiro atoms. The van der Waals surface area contributed by atoms with Crippen molar-refractivity contribution < 1.29 is 56.3 Å². The number of hydrogen-bond acceptors (Lipinski definition) is 3. The molecule has 1 aromatic heterocycles. The van der Waals surface area contributed by atoms with Crippen LogP contribution in [0.1, 0.15) is 89.5 Å². The molecule has 1 heterocycles. The van der Waals surface area contributed by atoms with Crippen LogP contribution in [0.25, 0.3) is 22.0 Å². The Hall–Kier alpha value is -2.71. The van der Waals surface area contributed by atoms with Crippen molar-refractivity contribution in [1.82, 2.24) is 4.98 Å². The van der Waals surface area contributed by atoms with Gasteiger partial charge in [0.25, 0.3) is 5.92 Å². The molecule has 10 heteroatoms. The zero-order chi connectivity index (χ0) is 34.1. The van der Waals surface area contributed by atoms with Crippen LogP contribution >= 0.6 is 0 Å². The van der Waals surface area contributed by atoms with E-state index in [2.05, 4.69) is 11.1 Å². The average Bonchev–Trinajstić information content (AvgIpc) is 2.96. The van der Waals surface area contributed by atoms with Crippen LogP contribution in [-0.4, -0.2) is 21.8 Å². The summed E-state index contributed by atoms with van der Waals surface area (Å²) in [6.45, 7) is 12.7. The summed E-state index contributed by atoms with van der Waals surface area (Å²) < 4.78 is 89.3. The zero-order valence-electron chi connectivity index (χ0n) is 27.4. The van der Waals surface area contributed by atoms with Crippen molar-refractivity contribution in [3.63, 3.8) is 0 Å². The second kappa shape index (κ2) is 14.6. The number of fused-ring (bicyclic) bond motifs is 3. The number of rotatable bonds is 8. The van der Waals surface area contributed by atoms with Gasteiger partial charge in [-0.2, -0.15) is 17.6 Å². The Morgan fingerprint density at radius 2 is 1.43 bits per heavy atom. The monoisotopic (exact) mass is 827 g/mol. The number of pyridine rings is 1. The van der Waals surface area contributed by atoms with Gasteiger partial charge in [-0.25, -0.2) is 8.78 Å². The minimum atomic E-state index is -4.94. The molecule has 0 saturated heterocycles. The number of allylic oxidation sites excluding steroid dienone is 2. The van der Waals surface area contributed by atoms with E-state index in [0.717, 1.165) is 42.9 Å². The number of hydrogen-bond donors (Lipinski definition) is 1. The van der Waals surface area contributed by atoms with Gasteiger partial charge in [0.15, 0.2) is 5.78 Å².